The maximum absolute atomic E-state index is 13.0. The van der Waals surface area contributed by atoms with Crippen LogP contribution in [0.5, 0.6) is 5.75 Å². The maximum atomic E-state index is 13.0. The number of aromatic hydroxyl groups is 1. The zero-order valence-corrected chi connectivity index (χ0v) is 12.0. The third-order valence-corrected chi connectivity index (χ3v) is 3.78. The Labute approximate surface area is 119 Å². The first-order valence-corrected chi connectivity index (χ1v) is 6.63. The van der Waals surface area contributed by atoms with E-state index in [1.807, 2.05) is 0 Å². The highest BCUT2D eigenvalue weighted by Gasteiger charge is 2.24. The summed E-state index contributed by atoms with van der Waals surface area (Å²) in [6.07, 6.45) is 0.346. The second-order valence-corrected chi connectivity index (χ2v) is 5.59. The molecule has 0 fully saturated rings. The van der Waals surface area contributed by atoms with Crippen LogP contribution in [0.25, 0.3) is 0 Å². The molecule has 100 valence electrons. The zero-order valence-electron chi connectivity index (χ0n) is 10.4. The summed E-state index contributed by atoms with van der Waals surface area (Å²) in [6, 6.07) is 10.8. The highest BCUT2D eigenvalue weighted by Crippen LogP contribution is 2.30. The Hall–Kier alpha value is -1.39. The molecule has 0 saturated carbocycles. The number of benzene rings is 2. The summed E-state index contributed by atoms with van der Waals surface area (Å²) in [5, 5.41) is 19.8. The topological polar surface area (TPSA) is 40.5 Å². The molecule has 2 rings (SSSR count). The van der Waals surface area contributed by atoms with Crippen LogP contribution in [0.3, 0.4) is 0 Å². The SMILES string of the molecule is CC(O)(Cc1ccc(F)cc1Br)c1ccc(O)cc1. The molecule has 0 aromatic heterocycles. The fraction of sp³-hybridized carbons (Fsp3) is 0.200. The molecule has 2 N–H and O–H groups in total. The van der Waals surface area contributed by atoms with Crippen molar-refractivity contribution in [3.8, 4) is 5.75 Å². The molecule has 0 bridgehead atoms. The van der Waals surface area contributed by atoms with Gasteiger partial charge < -0.3 is 10.2 Å². The number of hydrogen-bond donors (Lipinski definition) is 2. The van der Waals surface area contributed by atoms with Crippen LogP contribution >= 0.6 is 15.9 Å². The fourth-order valence-electron chi connectivity index (χ4n) is 1.96. The van der Waals surface area contributed by atoms with E-state index in [-0.39, 0.29) is 11.6 Å². The van der Waals surface area contributed by atoms with Crippen molar-refractivity contribution in [2.75, 3.05) is 0 Å². The van der Waals surface area contributed by atoms with Crippen LogP contribution in [-0.2, 0) is 12.0 Å². The van der Waals surface area contributed by atoms with E-state index in [0.717, 1.165) is 5.56 Å². The van der Waals surface area contributed by atoms with E-state index < -0.39 is 5.60 Å². The van der Waals surface area contributed by atoms with Crippen LogP contribution in [0.2, 0.25) is 0 Å². The second-order valence-electron chi connectivity index (χ2n) is 4.73. The van der Waals surface area contributed by atoms with E-state index in [2.05, 4.69) is 15.9 Å². The van der Waals surface area contributed by atoms with Gasteiger partial charge in [0.05, 0.1) is 5.60 Å². The lowest BCUT2D eigenvalue weighted by atomic mass is 9.89. The third kappa shape index (κ3) is 3.33. The summed E-state index contributed by atoms with van der Waals surface area (Å²) in [4.78, 5) is 0. The molecule has 0 radical (unpaired) electrons. The third-order valence-electron chi connectivity index (χ3n) is 3.04. The highest BCUT2D eigenvalue weighted by molar-refractivity contribution is 9.10. The molecule has 0 aliphatic heterocycles. The second kappa shape index (κ2) is 5.31. The number of halogens is 2. The largest absolute Gasteiger partial charge is 0.508 e. The quantitative estimate of drug-likeness (QED) is 0.902. The molecule has 2 aromatic rings. The summed E-state index contributed by atoms with van der Waals surface area (Å²) >= 11 is 3.29. The van der Waals surface area contributed by atoms with Gasteiger partial charge in [0.25, 0.3) is 0 Å². The van der Waals surface area contributed by atoms with E-state index in [1.165, 1.54) is 24.3 Å². The van der Waals surface area contributed by atoms with Gasteiger partial charge in [-0.1, -0.05) is 34.1 Å². The van der Waals surface area contributed by atoms with Crippen LogP contribution < -0.4 is 0 Å². The van der Waals surface area contributed by atoms with Crippen molar-refractivity contribution in [1.29, 1.82) is 0 Å². The van der Waals surface area contributed by atoms with Gasteiger partial charge >= 0.3 is 0 Å². The van der Waals surface area contributed by atoms with Crippen molar-refractivity contribution >= 4 is 15.9 Å². The minimum absolute atomic E-state index is 0.155. The summed E-state index contributed by atoms with van der Waals surface area (Å²) in [5.74, 6) is -0.164. The lowest BCUT2D eigenvalue weighted by Gasteiger charge is -2.24. The number of hydrogen-bond acceptors (Lipinski definition) is 2. The van der Waals surface area contributed by atoms with Gasteiger partial charge in [0.2, 0.25) is 0 Å². The predicted octanol–water partition coefficient (Wildman–Crippen LogP) is 3.74. The number of phenols is 1. The fourth-order valence-corrected chi connectivity index (χ4v) is 2.45. The van der Waals surface area contributed by atoms with E-state index in [9.17, 15) is 14.6 Å². The van der Waals surface area contributed by atoms with E-state index >= 15 is 0 Å². The molecule has 0 spiro atoms. The van der Waals surface area contributed by atoms with Gasteiger partial charge in [0.15, 0.2) is 0 Å². The number of aliphatic hydroxyl groups is 1. The molecule has 19 heavy (non-hydrogen) atoms. The molecule has 0 aliphatic carbocycles. The first-order chi connectivity index (χ1) is 8.88. The Morgan fingerprint density at radius 2 is 1.79 bits per heavy atom. The van der Waals surface area contributed by atoms with Crippen molar-refractivity contribution in [3.05, 3.63) is 63.9 Å². The molecular weight excluding hydrogens is 311 g/mol. The monoisotopic (exact) mass is 324 g/mol. The van der Waals surface area contributed by atoms with Gasteiger partial charge in [-0.2, -0.15) is 0 Å². The molecule has 2 nitrogen and oxygen atoms in total. The van der Waals surface area contributed by atoms with Gasteiger partial charge in [-0.3, -0.25) is 0 Å². The van der Waals surface area contributed by atoms with Gasteiger partial charge in [0.1, 0.15) is 11.6 Å². The van der Waals surface area contributed by atoms with Crippen LogP contribution in [-0.4, -0.2) is 10.2 Å². The highest BCUT2D eigenvalue weighted by atomic mass is 79.9. The molecule has 1 atom stereocenters. The molecule has 0 amide bonds. The van der Waals surface area contributed by atoms with Crippen LogP contribution in [0, 0.1) is 5.82 Å². The molecule has 2 aromatic carbocycles. The normalized spacial score (nSPS) is 14.1. The van der Waals surface area contributed by atoms with Gasteiger partial charge in [-0.25, -0.2) is 4.39 Å². The van der Waals surface area contributed by atoms with Crippen LogP contribution in [0.4, 0.5) is 4.39 Å². The lowest BCUT2D eigenvalue weighted by molar-refractivity contribution is 0.0574. The average Bonchev–Trinajstić information content (AvgIpc) is 2.33. The Morgan fingerprint density at radius 3 is 2.37 bits per heavy atom. The Kier molecular flexibility index (Phi) is 3.92. The first kappa shape index (κ1) is 14.0. The van der Waals surface area contributed by atoms with Crippen molar-refractivity contribution in [1.82, 2.24) is 0 Å². The average molecular weight is 325 g/mol. The maximum Gasteiger partial charge on any atom is 0.124 e. The Bertz CT molecular complexity index is 579. The van der Waals surface area contributed by atoms with Crippen molar-refractivity contribution in [2.45, 2.75) is 18.9 Å². The van der Waals surface area contributed by atoms with Crippen molar-refractivity contribution in [2.24, 2.45) is 0 Å². The molecule has 1 unspecified atom stereocenters. The molecule has 0 heterocycles. The Morgan fingerprint density at radius 1 is 1.16 bits per heavy atom. The van der Waals surface area contributed by atoms with Crippen molar-refractivity contribution < 1.29 is 14.6 Å². The summed E-state index contributed by atoms with van der Waals surface area (Å²) < 4.78 is 13.7. The standard InChI is InChI=1S/C15H14BrFO2/c1-15(19,11-3-6-13(18)7-4-11)9-10-2-5-12(17)8-14(10)16/h2-8,18-19H,9H2,1H3. The number of phenolic OH excluding ortho intramolecular Hbond substituents is 1. The van der Waals surface area contributed by atoms with Gasteiger partial charge in [-0.05, 0) is 42.3 Å². The Balaban J connectivity index is 2.27. The van der Waals surface area contributed by atoms with Gasteiger partial charge in [0, 0.05) is 10.9 Å². The van der Waals surface area contributed by atoms with Crippen LogP contribution in [0.15, 0.2) is 46.9 Å². The molecular formula is C15H14BrFO2. The van der Waals surface area contributed by atoms with E-state index in [0.29, 0.717) is 16.5 Å². The molecule has 4 heteroatoms. The first-order valence-electron chi connectivity index (χ1n) is 5.84. The summed E-state index contributed by atoms with van der Waals surface area (Å²) in [5.41, 5.74) is 0.426. The summed E-state index contributed by atoms with van der Waals surface area (Å²) in [6.45, 7) is 1.69. The molecule has 0 saturated heterocycles. The zero-order chi connectivity index (χ0) is 14.0. The molecule has 0 aliphatic rings. The van der Waals surface area contributed by atoms with E-state index in [1.54, 1.807) is 25.1 Å². The smallest absolute Gasteiger partial charge is 0.124 e. The number of rotatable bonds is 3. The van der Waals surface area contributed by atoms with Gasteiger partial charge in [-0.15, -0.1) is 0 Å². The predicted molar refractivity (Wildman–Crippen MR) is 75.5 cm³/mol. The van der Waals surface area contributed by atoms with Crippen LogP contribution in [0.1, 0.15) is 18.1 Å². The van der Waals surface area contributed by atoms with E-state index in [4.69, 9.17) is 0 Å². The minimum atomic E-state index is -1.09. The van der Waals surface area contributed by atoms with Crippen molar-refractivity contribution in [3.63, 3.8) is 0 Å². The summed E-state index contributed by atoms with van der Waals surface area (Å²) in [7, 11) is 0. The minimum Gasteiger partial charge on any atom is -0.508 e. The lowest BCUT2D eigenvalue weighted by Crippen LogP contribution is -2.24.